The van der Waals surface area contributed by atoms with E-state index in [0.29, 0.717) is 41.8 Å². The zero-order chi connectivity index (χ0) is 27.2. The number of benzene rings is 2. The predicted molar refractivity (Wildman–Crippen MR) is 152 cm³/mol. The van der Waals surface area contributed by atoms with Crippen molar-refractivity contribution in [1.82, 2.24) is 9.97 Å². The molecule has 1 atom stereocenters. The average Bonchev–Trinajstić information content (AvgIpc) is 3.38. The number of aliphatic hydroxyl groups is 1. The summed E-state index contributed by atoms with van der Waals surface area (Å²) >= 11 is 0. The Kier molecular flexibility index (Phi) is 8.91. The van der Waals surface area contributed by atoms with Crippen LogP contribution in [0.4, 0.5) is 27.3 Å². The van der Waals surface area contributed by atoms with Crippen LogP contribution in [0.25, 0.3) is 17.0 Å². The number of nitrogens with zero attached hydrogens (tertiary/aromatic N) is 4. The number of rotatable bonds is 8. The zero-order valence-corrected chi connectivity index (χ0v) is 22.3. The molecule has 2 fully saturated rings. The van der Waals surface area contributed by atoms with E-state index in [4.69, 9.17) is 14.6 Å². The van der Waals surface area contributed by atoms with Gasteiger partial charge < -0.3 is 24.8 Å². The Labute approximate surface area is 223 Å². The van der Waals surface area contributed by atoms with Gasteiger partial charge in [-0.15, -0.1) is 0 Å². The van der Waals surface area contributed by atoms with Crippen LogP contribution in [-0.2, 0) is 4.74 Å². The number of aromatic nitrogens is 2. The molecule has 2 aromatic carbocycles. The lowest BCUT2D eigenvalue weighted by Crippen LogP contribution is -2.39. The largest absolute Gasteiger partial charge is 0.489 e. The standard InChI is InChI=1S/C26H28FN5O2.C3H8O/c1-4-19-20(28-3)7-8-21(25(19)27)31-26-24-22(29-15-30-26)11-18(32-9-5-6-10-32)12-23(24)34-16(2)17-13-33-14-17;1-3(2)4/h4,7-8,11-12,15-17H,1,3,5-6,9-10,13-14H2,2H3,(H,29,30,31);3-4H,1-2H3. The molecule has 2 aliphatic heterocycles. The highest BCUT2D eigenvalue weighted by Crippen LogP contribution is 2.39. The molecule has 0 aliphatic carbocycles. The fourth-order valence-corrected chi connectivity index (χ4v) is 4.45. The molecule has 3 heterocycles. The maximum Gasteiger partial charge on any atom is 0.156 e. The molecule has 1 unspecified atom stereocenters. The number of fused-ring (bicyclic) bond motifs is 1. The Bertz CT molecular complexity index is 1290. The van der Waals surface area contributed by atoms with E-state index < -0.39 is 5.82 Å². The number of anilines is 3. The average molecular weight is 522 g/mol. The summed E-state index contributed by atoms with van der Waals surface area (Å²) in [5.74, 6) is 1.01. The molecule has 0 spiro atoms. The van der Waals surface area contributed by atoms with Gasteiger partial charge in [-0.05, 0) is 58.5 Å². The first-order chi connectivity index (χ1) is 18.3. The monoisotopic (exact) mass is 521 g/mol. The van der Waals surface area contributed by atoms with Crippen LogP contribution in [-0.4, -0.2) is 60.3 Å². The number of aliphatic hydroxyl groups excluding tert-OH is 1. The van der Waals surface area contributed by atoms with E-state index in [1.54, 1.807) is 26.0 Å². The summed E-state index contributed by atoms with van der Waals surface area (Å²) in [5, 5.41) is 11.9. The molecule has 5 rings (SSSR count). The van der Waals surface area contributed by atoms with Crippen LogP contribution < -0.4 is 15.0 Å². The van der Waals surface area contributed by atoms with Crippen LogP contribution in [0.2, 0.25) is 0 Å². The highest BCUT2D eigenvalue weighted by molar-refractivity contribution is 5.98. The number of aliphatic imine (C=N–C) groups is 1. The summed E-state index contributed by atoms with van der Waals surface area (Å²) in [4.78, 5) is 15.2. The van der Waals surface area contributed by atoms with Crippen molar-refractivity contribution in [3.63, 3.8) is 0 Å². The second-order valence-corrected chi connectivity index (χ2v) is 9.82. The van der Waals surface area contributed by atoms with E-state index in [2.05, 4.69) is 51.5 Å². The van der Waals surface area contributed by atoms with Crippen LogP contribution in [0, 0.1) is 11.7 Å². The molecule has 0 radical (unpaired) electrons. The van der Waals surface area contributed by atoms with Crippen LogP contribution in [0.3, 0.4) is 0 Å². The first-order valence-corrected chi connectivity index (χ1v) is 13.0. The van der Waals surface area contributed by atoms with Gasteiger partial charge in [0, 0.05) is 42.4 Å². The second-order valence-electron chi connectivity index (χ2n) is 9.82. The lowest BCUT2D eigenvalue weighted by atomic mass is 10.0. The second kappa shape index (κ2) is 12.3. The molecule has 2 N–H and O–H groups in total. The minimum absolute atomic E-state index is 0.0408. The van der Waals surface area contributed by atoms with Crippen molar-refractivity contribution in [1.29, 1.82) is 0 Å². The van der Waals surface area contributed by atoms with Crippen LogP contribution >= 0.6 is 0 Å². The number of ether oxygens (including phenoxy) is 2. The lowest BCUT2D eigenvalue weighted by molar-refractivity contribution is -0.0773. The molecule has 38 heavy (non-hydrogen) atoms. The fraction of sp³-hybridized carbons (Fsp3) is 0.414. The van der Waals surface area contributed by atoms with Crippen molar-refractivity contribution < 1.29 is 19.0 Å². The summed E-state index contributed by atoms with van der Waals surface area (Å²) in [6.45, 7) is 16.1. The number of nitrogens with one attached hydrogen (secondary N) is 1. The van der Waals surface area contributed by atoms with Crippen LogP contribution in [0.1, 0.15) is 39.2 Å². The number of hydrogen-bond donors (Lipinski definition) is 2. The van der Waals surface area contributed by atoms with Crippen LogP contribution in [0.5, 0.6) is 5.75 Å². The SMILES string of the molecule is C=Cc1c(N=C)ccc(Nc2ncnc3cc(N4CCCC4)cc(OC(C)C4COC4)c23)c1F.CC(C)O. The van der Waals surface area contributed by atoms with Gasteiger partial charge in [0.2, 0.25) is 0 Å². The van der Waals surface area contributed by atoms with Gasteiger partial charge in [-0.1, -0.05) is 12.7 Å². The first-order valence-electron chi connectivity index (χ1n) is 13.0. The minimum Gasteiger partial charge on any atom is -0.489 e. The summed E-state index contributed by atoms with van der Waals surface area (Å²) in [7, 11) is 0. The quantitative estimate of drug-likeness (QED) is 0.357. The van der Waals surface area contributed by atoms with E-state index in [1.165, 1.54) is 25.2 Å². The van der Waals surface area contributed by atoms with Gasteiger partial charge in [-0.25, -0.2) is 14.4 Å². The summed E-state index contributed by atoms with van der Waals surface area (Å²) in [6, 6.07) is 7.41. The maximum atomic E-state index is 15.2. The van der Waals surface area contributed by atoms with Gasteiger partial charge >= 0.3 is 0 Å². The van der Waals surface area contributed by atoms with Gasteiger partial charge in [-0.2, -0.15) is 0 Å². The van der Waals surface area contributed by atoms with Gasteiger partial charge in [-0.3, -0.25) is 4.99 Å². The van der Waals surface area contributed by atoms with Gasteiger partial charge in [0.15, 0.2) is 5.82 Å². The molecule has 0 amide bonds. The third-order valence-electron chi connectivity index (χ3n) is 6.58. The van der Waals surface area contributed by atoms with Gasteiger partial charge in [0.25, 0.3) is 0 Å². The van der Waals surface area contributed by atoms with Crippen molar-refractivity contribution >= 4 is 46.6 Å². The Balaban J connectivity index is 0.000000786. The smallest absolute Gasteiger partial charge is 0.156 e. The van der Waals surface area contributed by atoms with Gasteiger partial charge in [0.1, 0.15) is 24.0 Å². The Morgan fingerprint density at radius 3 is 2.53 bits per heavy atom. The molecular weight excluding hydrogens is 485 g/mol. The summed E-state index contributed by atoms with van der Waals surface area (Å²) < 4.78 is 27.0. The molecule has 2 saturated heterocycles. The molecule has 0 saturated carbocycles. The van der Waals surface area contributed by atoms with E-state index in [9.17, 15) is 0 Å². The van der Waals surface area contributed by atoms with Crippen LogP contribution in [0.15, 0.2) is 42.2 Å². The maximum absolute atomic E-state index is 15.2. The Hall–Kier alpha value is -3.56. The highest BCUT2D eigenvalue weighted by atomic mass is 19.1. The third-order valence-corrected chi connectivity index (χ3v) is 6.58. The normalized spacial score (nSPS) is 16.0. The molecule has 1 aromatic heterocycles. The Morgan fingerprint density at radius 2 is 1.92 bits per heavy atom. The molecule has 202 valence electrons. The molecular formula is C29H36FN5O3. The van der Waals surface area contributed by atoms with Crippen molar-refractivity contribution in [3.8, 4) is 5.75 Å². The van der Waals surface area contributed by atoms with Crippen molar-refractivity contribution in [2.24, 2.45) is 10.9 Å². The summed E-state index contributed by atoms with van der Waals surface area (Å²) in [5.41, 5.74) is 2.79. The number of hydrogen-bond acceptors (Lipinski definition) is 8. The van der Waals surface area contributed by atoms with E-state index in [-0.39, 0.29) is 23.5 Å². The molecule has 3 aromatic rings. The molecule has 2 aliphatic rings. The zero-order valence-electron chi connectivity index (χ0n) is 22.3. The first kappa shape index (κ1) is 27.5. The molecule has 0 bridgehead atoms. The minimum atomic E-state index is -0.470. The molecule has 8 nitrogen and oxygen atoms in total. The van der Waals surface area contributed by atoms with E-state index >= 15 is 4.39 Å². The topological polar surface area (TPSA) is 92.1 Å². The third kappa shape index (κ3) is 6.11. The van der Waals surface area contributed by atoms with Crippen molar-refractivity contribution in [2.75, 3.05) is 36.5 Å². The van der Waals surface area contributed by atoms with E-state index in [0.717, 1.165) is 24.3 Å². The molecule has 9 heteroatoms. The van der Waals surface area contributed by atoms with Gasteiger partial charge in [0.05, 0.1) is 35.5 Å². The van der Waals surface area contributed by atoms with Crippen molar-refractivity contribution in [3.05, 3.63) is 48.6 Å². The number of halogens is 1. The lowest BCUT2D eigenvalue weighted by Gasteiger charge is -2.32. The Morgan fingerprint density at radius 1 is 1.21 bits per heavy atom. The predicted octanol–water partition coefficient (Wildman–Crippen LogP) is 5.89. The highest BCUT2D eigenvalue weighted by Gasteiger charge is 2.28. The fourth-order valence-electron chi connectivity index (χ4n) is 4.45. The van der Waals surface area contributed by atoms with E-state index in [1.807, 2.05) is 6.07 Å². The summed E-state index contributed by atoms with van der Waals surface area (Å²) in [6.07, 6.45) is 5.04. The van der Waals surface area contributed by atoms with Crippen molar-refractivity contribution in [2.45, 2.75) is 45.8 Å².